The zero-order valence-electron chi connectivity index (χ0n) is 7.79. The number of nitrogens with zero attached hydrogens (tertiary/aromatic N) is 1. The van der Waals surface area contributed by atoms with Crippen molar-refractivity contribution >= 4 is 5.71 Å². The Labute approximate surface area is 72.6 Å². The minimum Gasteiger partial charge on any atom is -0.411 e. The number of ether oxygens (including phenoxy) is 1. The van der Waals surface area contributed by atoms with Crippen molar-refractivity contribution in [2.24, 2.45) is 5.16 Å². The van der Waals surface area contributed by atoms with Crippen LogP contribution in [0, 0.1) is 0 Å². The fourth-order valence-corrected chi connectivity index (χ4v) is 1.20. The average Bonchev–Trinajstić information content (AvgIpc) is 2.31. The summed E-state index contributed by atoms with van der Waals surface area (Å²) in [5.74, 6) is 0. The third kappa shape index (κ3) is 2.46. The Balaban J connectivity index is 2.52. The van der Waals surface area contributed by atoms with Crippen molar-refractivity contribution in [2.75, 3.05) is 13.1 Å². The summed E-state index contributed by atoms with van der Waals surface area (Å²) in [5.41, 5.74) is 0.497. The highest BCUT2D eigenvalue weighted by atomic mass is 16.5. The minimum atomic E-state index is -0.188. The molecule has 70 valence electrons. The van der Waals surface area contributed by atoms with Crippen LogP contribution in [0.3, 0.4) is 0 Å². The van der Waals surface area contributed by atoms with E-state index in [9.17, 15) is 0 Å². The first kappa shape index (κ1) is 9.48. The van der Waals surface area contributed by atoms with Gasteiger partial charge in [-0.25, -0.2) is 0 Å². The molecule has 12 heavy (non-hydrogen) atoms. The monoisotopic (exact) mass is 172 g/mol. The largest absolute Gasteiger partial charge is 0.411 e. The molecule has 4 nitrogen and oxygen atoms in total. The van der Waals surface area contributed by atoms with Crippen molar-refractivity contribution < 1.29 is 9.94 Å². The Kier molecular flexibility index (Phi) is 2.69. The zero-order chi connectivity index (χ0) is 9.19. The molecule has 1 aliphatic rings. The van der Waals surface area contributed by atoms with Crippen LogP contribution in [-0.2, 0) is 4.74 Å². The predicted molar refractivity (Wildman–Crippen MR) is 46.7 cm³/mol. The Morgan fingerprint density at radius 1 is 1.58 bits per heavy atom. The summed E-state index contributed by atoms with van der Waals surface area (Å²) in [6.07, 6.45) is -0.0741. The van der Waals surface area contributed by atoms with Crippen molar-refractivity contribution in [3.63, 3.8) is 0 Å². The smallest absolute Gasteiger partial charge is 0.113 e. The van der Waals surface area contributed by atoms with E-state index in [-0.39, 0.29) is 11.7 Å². The molecule has 4 heteroatoms. The van der Waals surface area contributed by atoms with Gasteiger partial charge < -0.3 is 15.3 Å². The summed E-state index contributed by atoms with van der Waals surface area (Å²) in [6, 6.07) is 0. The molecule has 0 spiro atoms. The molecule has 1 aliphatic heterocycles. The van der Waals surface area contributed by atoms with Crippen molar-refractivity contribution in [1.29, 1.82) is 0 Å². The van der Waals surface area contributed by atoms with Gasteiger partial charge in [0.2, 0.25) is 0 Å². The first-order valence-corrected chi connectivity index (χ1v) is 4.12. The van der Waals surface area contributed by atoms with Crippen LogP contribution in [0.1, 0.15) is 20.8 Å². The summed E-state index contributed by atoms with van der Waals surface area (Å²) in [5, 5.41) is 14.9. The quantitative estimate of drug-likeness (QED) is 0.450. The lowest BCUT2D eigenvalue weighted by atomic mass is 10.1. The van der Waals surface area contributed by atoms with Crippen LogP contribution in [-0.4, -0.2) is 35.7 Å². The van der Waals surface area contributed by atoms with E-state index in [2.05, 4.69) is 10.5 Å². The van der Waals surface area contributed by atoms with Gasteiger partial charge in [-0.2, -0.15) is 0 Å². The molecule has 1 atom stereocenters. The van der Waals surface area contributed by atoms with Crippen LogP contribution in [0.15, 0.2) is 5.16 Å². The molecular weight excluding hydrogens is 156 g/mol. The van der Waals surface area contributed by atoms with Crippen LogP contribution in [0.25, 0.3) is 0 Å². The van der Waals surface area contributed by atoms with Gasteiger partial charge in [-0.05, 0) is 20.8 Å². The second kappa shape index (κ2) is 3.41. The third-order valence-corrected chi connectivity index (χ3v) is 1.63. The van der Waals surface area contributed by atoms with Gasteiger partial charge in [0.05, 0.1) is 5.60 Å². The first-order valence-electron chi connectivity index (χ1n) is 4.12. The average molecular weight is 172 g/mol. The normalized spacial score (nSPS) is 28.2. The van der Waals surface area contributed by atoms with Crippen LogP contribution < -0.4 is 5.32 Å². The van der Waals surface area contributed by atoms with Crippen molar-refractivity contribution in [1.82, 2.24) is 5.32 Å². The number of rotatable bonds is 1. The van der Waals surface area contributed by atoms with Crippen LogP contribution in [0.4, 0.5) is 0 Å². The summed E-state index contributed by atoms with van der Waals surface area (Å²) in [7, 11) is 0. The van der Waals surface area contributed by atoms with E-state index in [1.807, 2.05) is 20.8 Å². The molecule has 0 saturated carbocycles. The summed E-state index contributed by atoms with van der Waals surface area (Å²) in [4.78, 5) is 0. The van der Waals surface area contributed by atoms with Crippen LogP contribution >= 0.6 is 0 Å². The maximum Gasteiger partial charge on any atom is 0.113 e. The van der Waals surface area contributed by atoms with E-state index in [0.717, 1.165) is 6.54 Å². The van der Waals surface area contributed by atoms with E-state index in [4.69, 9.17) is 9.94 Å². The van der Waals surface area contributed by atoms with Crippen LogP contribution in [0.5, 0.6) is 0 Å². The van der Waals surface area contributed by atoms with E-state index < -0.39 is 0 Å². The van der Waals surface area contributed by atoms with Crippen molar-refractivity contribution in [3.05, 3.63) is 0 Å². The molecule has 0 aromatic carbocycles. The first-order chi connectivity index (χ1) is 5.53. The molecule has 0 aliphatic carbocycles. The lowest BCUT2D eigenvalue weighted by Crippen LogP contribution is -2.32. The lowest BCUT2D eigenvalue weighted by molar-refractivity contribution is -0.0244. The molecule has 2 N–H and O–H groups in total. The van der Waals surface area contributed by atoms with Gasteiger partial charge in [0.1, 0.15) is 11.8 Å². The van der Waals surface area contributed by atoms with Gasteiger partial charge in [0, 0.05) is 13.1 Å². The molecule has 0 aromatic heterocycles. The highest BCUT2D eigenvalue weighted by molar-refractivity contribution is 5.92. The van der Waals surface area contributed by atoms with Gasteiger partial charge >= 0.3 is 0 Å². The molecule has 0 radical (unpaired) electrons. The predicted octanol–water partition coefficient (Wildman–Crippen LogP) is 0.604. The fourth-order valence-electron chi connectivity index (χ4n) is 1.20. The van der Waals surface area contributed by atoms with E-state index in [0.29, 0.717) is 12.3 Å². The SMILES string of the molecule is CC(C)(C)OC1CNCC1=NO. The maximum absolute atomic E-state index is 8.60. The second-order valence-corrected chi connectivity index (χ2v) is 3.94. The summed E-state index contributed by atoms with van der Waals surface area (Å²) >= 11 is 0. The van der Waals surface area contributed by atoms with Gasteiger partial charge in [0.15, 0.2) is 0 Å². The molecule has 1 rings (SSSR count). The van der Waals surface area contributed by atoms with Gasteiger partial charge in [-0.3, -0.25) is 0 Å². The lowest BCUT2D eigenvalue weighted by Gasteiger charge is -2.24. The third-order valence-electron chi connectivity index (χ3n) is 1.63. The molecule has 1 heterocycles. The topological polar surface area (TPSA) is 53.8 Å². The van der Waals surface area contributed by atoms with E-state index >= 15 is 0 Å². The number of hydrogen-bond acceptors (Lipinski definition) is 4. The molecule has 0 aromatic rings. The number of oxime groups is 1. The molecule has 1 fully saturated rings. The fraction of sp³-hybridized carbons (Fsp3) is 0.875. The van der Waals surface area contributed by atoms with Crippen molar-refractivity contribution in [2.45, 2.75) is 32.5 Å². The Morgan fingerprint density at radius 2 is 2.25 bits per heavy atom. The Morgan fingerprint density at radius 3 is 2.75 bits per heavy atom. The summed E-state index contributed by atoms with van der Waals surface area (Å²) in [6.45, 7) is 7.31. The van der Waals surface area contributed by atoms with E-state index in [1.165, 1.54) is 0 Å². The summed E-state index contributed by atoms with van der Waals surface area (Å²) < 4.78 is 5.65. The van der Waals surface area contributed by atoms with Gasteiger partial charge in [-0.1, -0.05) is 5.16 Å². The molecule has 1 unspecified atom stereocenters. The minimum absolute atomic E-state index is 0.0741. The molecule has 1 saturated heterocycles. The number of nitrogens with one attached hydrogen (secondary N) is 1. The number of hydrogen-bond donors (Lipinski definition) is 2. The highest BCUT2D eigenvalue weighted by Crippen LogP contribution is 2.13. The second-order valence-electron chi connectivity index (χ2n) is 3.94. The zero-order valence-corrected chi connectivity index (χ0v) is 7.79. The highest BCUT2D eigenvalue weighted by Gasteiger charge is 2.27. The van der Waals surface area contributed by atoms with E-state index in [1.54, 1.807) is 0 Å². The van der Waals surface area contributed by atoms with Crippen LogP contribution in [0.2, 0.25) is 0 Å². The molecule has 0 bridgehead atoms. The maximum atomic E-state index is 8.60. The van der Waals surface area contributed by atoms with Gasteiger partial charge in [-0.15, -0.1) is 0 Å². The Bertz CT molecular complexity index is 184. The molecule has 0 amide bonds. The van der Waals surface area contributed by atoms with Gasteiger partial charge in [0.25, 0.3) is 0 Å². The Hall–Kier alpha value is -0.610. The molecular formula is C8H16N2O2. The van der Waals surface area contributed by atoms with Crippen molar-refractivity contribution in [3.8, 4) is 0 Å². The standard InChI is InChI=1S/C8H16N2O2/c1-8(2,3)12-7-5-9-4-6(7)10-11/h7,9,11H,4-5H2,1-3H3.